The molecule has 3 nitrogen and oxygen atoms in total. The second-order valence-corrected chi connectivity index (χ2v) is 3.75. The molecule has 4 N–H and O–H groups in total. The van der Waals surface area contributed by atoms with Gasteiger partial charge in [0.2, 0.25) is 0 Å². The molecule has 0 bridgehead atoms. The van der Waals surface area contributed by atoms with E-state index >= 15 is 0 Å². The van der Waals surface area contributed by atoms with Crippen molar-refractivity contribution in [2.24, 2.45) is 5.73 Å². The Kier molecular flexibility index (Phi) is 5.46. The zero-order valence-electron chi connectivity index (χ0n) is 10.4. The number of methoxy groups -OCH3 is 1. The Morgan fingerprint density at radius 3 is 2.29 bits per heavy atom. The van der Waals surface area contributed by atoms with Crippen LogP contribution in [-0.4, -0.2) is 13.3 Å². The third kappa shape index (κ3) is 4.06. The van der Waals surface area contributed by atoms with Gasteiger partial charge in [-0.1, -0.05) is 43.3 Å². The maximum atomic E-state index is 5.76. The van der Waals surface area contributed by atoms with Crippen LogP contribution in [0.5, 0.6) is 0 Å². The van der Waals surface area contributed by atoms with E-state index < -0.39 is 0 Å². The number of rotatable bonds is 2. The maximum Gasteiger partial charge on any atom is 0.104 e. The van der Waals surface area contributed by atoms with Crippen molar-refractivity contribution in [1.29, 1.82) is 0 Å². The highest BCUT2D eigenvalue weighted by Gasteiger charge is 1.92. The topological polar surface area (TPSA) is 61.3 Å². The van der Waals surface area contributed by atoms with Crippen LogP contribution in [0.25, 0.3) is 10.8 Å². The first kappa shape index (κ1) is 13.5. The van der Waals surface area contributed by atoms with Crippen LogP contribution >= 0.6 is 0 Å². The molecule has 2 rings (SSSR count). The van der Waals surface area contributed by atoms with Crippen molar-refractivity contribution in [3.63, 3.8) is 0 Å². The van der Waals surface area contributed by atoms with Gasteiger partial charge in [0.15, 0.2) is 0 Å². The van der Waals surface area contributed by atoms with E-state index in [0.717, 1.165) is 17.5 Å². The average molecular weight is 232 g/mol. The van der Waals surface area contributed by atoms with Gasteiger partial charge in [0.25, 0.3) is 0 Å². The predicted molar refractivity (Wildman–Crippen MR) is 73.6 cm³/mol. The van der Waals surface area contributed by atoms with E-state index in [1.54, 1.807) is 7.11 Å². The second kappa shape index (κ2) is 6.89. The molecule has 1 unspecified atom stereocenters. The molecular weight excluding hydrogens is 212 g/mol. The lowest BCUT2D eigenvalue weighted by molar-refractivity contribution is 0.105. The number of hydrogen-bond donors (Lipinski definition) is 2. The van der Waals surface area contributed by atoms with E-state index in [9.17, 15) is 0 Å². The van der Waals surface area contributed by atoms with Gasteiger partial charge in [-0.2, -0.15) is 0 Å². The predicted octanol–water partition coefficient (Wildman–Crippen LogP) is 2.75. The Labute approximate surface area is 102 Å². The molecule has 3 heteroatoms. The van der Waals surface area contributed by atoms with Crippen molar-refractivity contribution in [1.82, 2.24) is 0 Å². The van der Waals surface area contributed by atoms with Gasteiger partial charge < -0.3 is 16.2 Å². The molecule has 0 aliphatic heterocycles. The Balaban J connectivity index is 0.000000209. The Hall–Kier alpha value is -1.58. The largest absolute Gasteiger partial charge is 0.398 e. The first-order valence-corrected chi connectivity index (χ1v) is 5.70. The molecule has 0 saturated carbocycles. The molecule has 0 fully saturated rings. The van der Waals surface area contributed by atoms with Gasteiger partial charge in [-0.05, 0) is 17.9 Å². The quantitative estimate of drug-likeness (QED) is 0.618. The first-order chi connectivity index (χ1) is 8.19. The van der Waals surface area contributed by atoms with Crippen LogP contribution in [0.15, 0.2) is 42.5 Å². The number of nitrogens with two attached hydrogens (primary N) is 2. The summed E-state index contributed by atoms with van der Waals surface area (Å²) in [6.45, 7) is 1.98. The summed E-state index contributed by atoms with van der Waals surface area (Å²) in [7, 11) is 1.61. The van der Waals surface area contributed by atoms with E-state index in [0.29, 0.717) is 0 Å². The van der Waals surface area contributed by atoms with E-state index in [2.05, 4.69) is 16.9 Å². The smallest absolute Gasteiger partial charge is 0.104 e. The summed E-state index contributed by atoms with van der Waals surface area (Å²) in [4.78, 5) is 0. The molecule has 2 aromatic rings. The number of hydrogen-bond acceptors (Lipinski definition) is 3. The minimum atomic E-state index is -0.0648. The number of nitrogen functional groups attached to an aromatic ring is 1. The normalized spacial score (nSPS) is 11.7. The minimum Gasteiger partial charge on any atom is -0.398 e. The van der Waals surface area contributed by atoms with Crippen molar-refractivity contribution in [3.8, 4) is 0 Å². The van der Waals surface area contributed by atoms with E-state index in [4.69, 9.17) is 11.5 Å². The second-order valence-electron chi connectivity index (χ2n) is 3.75. The lowest BCUT2D eigenvalue weighted by atomic mass is 10.1. The fourth-order valence-corrected chi connectivity index (χ4v) is 1.42. The minimum absolute atomic E-state index is 0.0648. The summed E-state index contributed by atoms with van der Waals surface area (Å²) in [5.41, 5.74) is 11.9. The standard InChI is InChI=1S/C10H9N.C4H11NO/c11-10-7-3-5-8-4-1-2-6-9(8)10;1-3-4(5)6-2/h1-7H,11H2;4H,3,5H2,1-2H3. The van der Waals surface area contributed by atoms with Crippen molar-refractivity contribution >= 4 is 16.5 Å². The summed E-state index contributed by atoms with van der Waals surface area (Å²) < 4.78 is 4.68. The lowest BCUT2D eigenvalue weighted by Crippen LogP contribution is -2.19. The van der Waals surface area contributed by atoms with Gasteiger partial charge >= 0.3 is 0 Å². The van der Waals surface area contributed by atoms with E-state index in [1.807, 2.05) is 37.3 Å². The number of fused-ring (bicyclic) bond motifs is 1. The molecule has 0 radical (unpaired) electrons. The molecule has 0 aliphatic carbocycles. The number of benzene rings is 2. The highest BCUT2D eigenvalue weighted by Crippen LogP contribution is 2.19. The third-order valence-electron chi connectivity index (χ3n) is 2.53. The lowest BCUT2D eigenvalue weighted by Gasteiger charge is -2.01. The highest BCUT2D eigenvalue weighted by atomic mass is 16.5. The fourth-order valence-electron chi connectivity index (χ4n) is 1.42. The highest BCUT2D eigenvalue weighted by molar-refractivity contribution is 5.92. The van der Waals surface area contributed by atoms with E-state index in [1.165, 1.54) is 5.39 Å². The summed E-state index contributed by atoms with van der Waals surface area (Å²) in [5, 5.41) is 2.34. The fraction of sp³-hybridized carbons (Fsp3) is 0.286. The zero-order valence-corrected chi connectivity index (χ0v) is 10.4. The summed E-state index contributed by atoms with van der Waals surface area (Å²) in [6.07, 6.45) is 0.821. The van der Waals surface area contributed by atoms with Crippen LogP contribution in [0.2, 0.25) is 0 Å². The van der Waals surface area contributed by atoms with Crippen LogP contribution in [-0.2, 0) is 4.74 Å². The molecule has 92 valence electrons. The summed E-state index contributed by atoms with van der Waals surface area (Å²) in [6, 6.07) is 14.1. The molecule has 0 heterocycles. The van der Waals surface area contributed by atoms with Gasteiger partial charge in [0, 0.05) is 18.2 Å². The van der Waals surface area contributed by atoms with Crippen LogP contribution in [0, 0.1) is 0 Å². The zero-order chi connectivity index (χ0) is 12.7. The molecule has 0 aliphatic rings. The van der Waals surface area contributed by atoms with Gasteiger partial charge in [-0.3, -0.25) is 0 Å². The van der Waals surface area contributed by atoms with Gasteiger partial charge in [-0.15, -0.1) is 0 Å². The van der Waals surface area contributed by atoms with Gasteiger partial charge in [-0.25, -0.2) is 0 Å². The van der Waals surface area contributed by atoms with Gasteiger partial charge in [0.05, 0.1) is 0 Å². The molecule has 0 aromatic heterocycles. The Morgan fingerprint density at radius 1 is 1.12 bits per heavy atom. The summed E-state index contributed by atoms with van der Waals surface area (Å²) in [5.74, 6) is 0. The number of anilines is 1. The first-order valence-electron chi connectivity index (χ1n) is 5.70. The number of ether oxygens (including phenoxy) is 1. The van der Waals surface area contributed by atoms with Crippen molar-refractivity contribution < 1.29 is 4.74 Å². The van der Waals surface area contributed by atoms with Gasteiger partial charge in [0.1, 0.15) is 6.23 Å². The molecule has 0 spiro atoms. The van der Waals surface area contributed by atoms with Crippen molar-refractivity contribution in [3.05, 3.63) is 42.5 Å². The summed E-state index contributed by atoms with van der Waals surface area (Å²) >= 11 is 0. The van der Waals surface area contributed by atoms with Crippen LogP contribution in [0.3, 0.4) is 0 Å². The monoisotopic (exact) mass is 232 g/mol. The molecule has 1 atom stereocenters. The molecule has 0 amide bonds. The Morgan fingerprint density at radius 2 is 1.76 bits per heavy atom. The van der Waals surface area contributed by atoms with Crippen molar-refractivity contribution in [2.45, 2.75) is 19.6 Å². The maximum absolute atomic E-state index is 5.76. The van der Waals surface area contributed by atoms with Crippen LogP contribution in [0.1, 0.15) is 13.3 Å². The molecule has 2 aromatic carbocycles. The third-order valence-corrected chi connectivity index (χ3v) is 2.53. The molecule has 17 heavy (non-hydrogen) atoms. The molecule has 0 saturated heterocycles. The molecular formula is C14H20N2O. The van der Waals surface area contributed by atoms with Crippen molar-refractivity contribution in [2.75, 3.05) is 12.8 Å². The SMILES string of the molecule is CCC(N)OC.Nc1cccc2ccccc12. The average Bonchev–Trinajstić information content (AvgIpc) is 2.39. The van der Waals surface area contributed by atoms with Crippen LogP contribution in [0.4, 0.5) is 5.69 Å². The Bertz CT molecular complexity index is 447. The van der Waals surface area contributed by atoms with E-state index in [-0.39, 0.29) is 6.23 Å². The van der Waals surface area contributed by atoms with Crippen LogP contribution < -0.4 is 11.5 Å².